The van der Waals surface area contributed by atoms with Crippen molar-refractivity contribution in [2.75, 3.05) is 13.1 Å². The van der Waals surface area contributed by atoms with Crippen LogP contribution in [0.1, 0.15) is 54.1 Å². The maximum Gasteiger partial charge on any atom is 0.274 e. The highest BCUT2D eigenvalue weighted by molar-refractivity contribution is 5.92. The van der Waals surface area contributed by atoms with Gasteiger partial charge in [0.25, 0.3) is 5.91 Å². The second-order valence-corrected chi connectivity index (χ2v) is 6.50. The fourth-order valence-electron chi connectivity index (χ4n) is 3.39. The standard InChI is InChI=1S/C17H24N6O2/c1-2-4-13-9-14(21-20-13)17(25)23-7-3-5-12(10-23)16-19-6-8-22(16)11-15(18)24/h6,8-9,12H,2-5,7,10-11H2,1H3,(H2,18,24)(H,20,21)/t12-/m0/s1. The monoisotopic (exact) mass is 344 g/mol. The van der Waals surface area contributed by atoms with Gasteiger partial charge in [0.1, 0.15) is 18.1 Å². The molecular formula is C17H24N6O2. The van der Waals surface area contributed by atoms with E-state index in [0.717, 1.165) is 37.2 Å². The molecule has 0 aromatic carbocycles. The number of hydrogen-bond donors (Lipinski definition) is 2. The lowest BCUT2D eigenvalue weighted by Gasteiger charge is -2.32. The summed E-state index contributed by atoms with van der Waals surface area (Å²) in [5.41, 5.74) is 6.74. The summed E-state index contributed by atoms with van der Waals surface area (Å²) < 4.78 is 1.77. The lowest BCUT2D eigenvalue weighted by molar-refractivity contribution is -0.118. The summed E-state index contributed by atoms with van der Waals surface area (Å²) >= 11 is 0. The Balaban J connectivity index is 1.71. The number of rotatable bonds is 6. The minimum absolute atomic E-state index is 0.0590. The Hall–Kier alpha value is -2.64. The first kappa shape index (κ1) is 17.2. The third-order valence-corrected chi connectivity index (χ3v) is 4.52. The summed E-state index contributed by atoms with van der Waals surface area (Å²) in [5.74, 6) is 0.449. The molecule has 0 spiro atoms. The molecule has 1 fully saturated rings. The number of amides is 2. The molecule has 2 aromatic heterocycles. The van der Waals surface area contributed by atoms with E-state index < -0.39 is 5.91 Å². The summed E-state index contributed by atoms with van der Waals surface area (Å²) in [4.78, 5) is 30.2. The molecule has 2 amide bonds. The van der Waals surface area contributed by atoms with Crippen LogP contribution in [0.15, 0.2) is 18.5 Å². The Morgan fingerprint density at radius 2 is 2.28 bits per heavy atom. The number of nitrogens with two attached hydrogens (primary N) is 1. The number of aromatic nitrogens is 4. The number of H-pyrrole nitrogens is 1. The summed E-state index contributed by atoms with van der Waals surface area (Å²) in [6.45, 7) is 3.48. The summed E-state index contributed by atoms with van der Waals surface area (Å²) in [6.07, 6.45) is 7.14. The maximum absolute atomic E-state index is 12.7. The third kappa shape index (κ3) is 3.89. The van der Waals surface area contributed by atoms with Gasteiger partial charge in [-0.3, -0.25) is 14.7 Å². The molecule has 3 heterocycles. The number of aryl methyl sites for hydroxylation is 1. The van der Waals surface area contributed by atoms with Crippen LogP contribution in [-0.4, -0.2) is 49.6 Å². The largest absolute Gasteiger partial charge is 0.368 e. The van der Waals surface area contributed by atoms with Gasteiger partial charge in [0.2, 0.25) is 5.91 Å². The van der Waals surface area contributed by atoms with Crippen molar-refractivity contribution in [3.05, 3.63) is 35.7 Å². The number of carbonyl (C=O) groups is 2. The molecule has 1 aliphatic rings. The number of imidazole rings is 1. The molecule has 0 aliphatic carbocycles. The number of piperidine rings is 1. The lowest BCUT2D eigenvalue weighted by atomic mass is 9.96. The zero-order valence-electron chi connectivity index (χ0n) is 14.4. The van der Waals surface area contributed by atoms with Crippen LogP contribution in [0.3, 0.4) is 0 Å². The van der Waals surface area contributed by atoms with Gasteiger partial charge in [-0.25, -0.2) is 4.98 Å². The molecule has 1 saturated heterocycles. The average molecular weight is 344 g/mol. The number of nitrogens with zero attached hydrogens (tertiary/aromatic N) is 4. The lowest BCUT2D eigenvalue weighted by Crippen LogP contribution is -2.40. The van der Waals surface area contributed by atoms with Crippen LogP contribution in [-0.2, 0) is 17.8 Å². The number of hydrogen-bond acceptors (Lipinski definition) is 4. The van der Waals surface area contributed by atoms with Gasteiger partial charge in [0.15, 0.2) is 0 Å². The van der Waals surface area contributed by atoms with E-state index in [4.69, 9.17) is 5.73 Å². The fourth-order valence-corrected chi connectivity index (χ4v) is 3.39. The fraction of sp³-hybridized carbons (Fsp3) is 0.529. The first-order valence-electron chi connectivity index (χ1n) is 8.71. The molecule has 3 rings (SSSR count). The van der Waals surface area contributed by atoms with Crippen LogP contribution in [0.4, 0.5) is 0 Å². The van der Waals surface area contributed by atoms with E-state index in [-0.39, 0.29) is 18.4 Å². The number of primary amides is 1. The van der Waals surface area contributed by atoms with Gasteiger partial charge in [-0.2, -0.15) is 5.10 Å². The maximum atomic E-state index is 12.7. The minimum atomic E-state index is -0.400. The number of nitrogens with one attached hydrogen (secondary N) is 1. The molecule has 3 N–H and O–H groups in total. The van der Waals surface area contributed by atoms with Crippen molar-refractivity contribution in [3.8, 4) is 0 Å². The molecule has 8 heteroatoms. The summed E-state index contributed by atoms with van der Waals surface area (Å²) in [6, 6.07) is 1.84. The highest BCUT2D eigenvalue weighted by Crippen LogP contribution is 2.26. The Morgan fingerprint density at radius 3 is 3.04 bits per heavy atom. The van der Waals surface area contributed by atoms with Gasteiger partial charge >= 0.3 is 0 Å². The Kier molecular flexibility index (Phi) is 5.16. The Bertz CT molecular complexity index is 750. The Morgan fingerprint density at radius 1 is 1.44 bits per heavy atom. The zero-order chi connectivity index (χ0) is 17.8. The highest BCUT2D eigenvalue weighted by atomic mass is 16.2. The van der Waals surface area contributed by atoms with Crippen molar-refractivity contribution >= 4 is 11.8 Å². The second-order valence-electron chi connectivity index (χ2n) is 6.50. The molecule has 2 aromatic rings. The average Bonchev–Trinajstić information content (AvgIpc) is 3.24. The van der Waals surface area contributed by atoms with Gasteiger partial charge < -0.3 is 15.2 Å². The predicted molar refractivity (Wildman–Crippen MR) is 91.9 cm³/mol. The van der Waals surface area contributed by atoms with Gasteiger partial charge in [-0.15, -0.1) is 0 Å². The normalized spacial score (nSPS) is 17.6. The highest BCUT2D eigenvalue weighted by Gasteiger charge is 2.29. The van der Waals surface area contributed by atoms with E-state index >= 15 is 0 Å². The minimum Gasteiger partial charge on any atom is -0.368 e. The quantitative estimate of drug-likeness (QED) is 0.816. The molecule has 134 valence electrons. The van der Waals surface area contributed by atoms with E-state index in [2.05, 4.69) is 22.1 Å². The molecule has 0 unspecified atom stereocenters. The van der Waals surface area contributed by atoms with Crippen LogP contribution < -0.4 is 5.73 Å². The van der Waals surface area contributed by atoms with Crippen LogP contribution in [0.5, 0.6) is 0 Å². The molecule has 25 heavy (non-hydrogen) atoms. The molecule has 1 atom stereocenters. The molecule has 0 saturated carbocycles. The number of likely N-dealkylation sites (tertiary alicyclic amines) is 1. The molecule has 0 radical (unpaired) electrons. The first-order valence-corrected chi connectivity index (χ1v) is 8.71. The zero-order valence-corrected chi connectivity index (χ0v) is 14.4. The first-order chi connectivity index (χ1) is 12.1. The van der Waals surface area contributed by atoms with Crippen molar-refractivity contribution < 1.29 is 9.59 Å². The van der Waals surface area contributed by atoms with Gasteiger partial charge in [0.05, 0.1) is 0 Å². The topological polar surface area (TPSA) is 110 Å². The van der Waals surface area contributed by atoms with Crippen molar-refractivity contribution in [1.29, 1.82) is 0 Å². The Labute approximate surface area is 146 Å². The smallest absolute Gasteiger partial charge is 0.274 e. The van der Waals surface area contributed by atoms with Gasteiger partial charge in [0, 0.05) is 37.1 Å². The third-order valence-electron chi connectivity index (χ3n) is 4.52. The van der Waals surface area contributed by atoms with E-state index in [1.807, 2.05) is 11.0 Å². The second kappa shape index (κ2) is 7.50. The summed E-state index contributed by atoms with van der Waals surface area (Å²) in [5, 5.41) is 7.09. The molecule has 0 bridgehead atoms. The van der Waals surface area contributed by atoms with Crippen LogP contribution in [0.25, 0.3) is 0 Å². The molecule has 8 nitrogen and oxygen atoms in total. The van der Waals surface area contributed by atoms with E-state index in [1.165, 1.54) is 0 Å². The molecule has 1 aliphatic heterocycles. The van der Waals surface area contributed by atoms with E-state index in [9.17, 15) is 9.59 Å². The van der Waals surface area contributed by atoms with Crippen molar-refractivity contribution in [2.45, 2.75) is 45.1 Å². The van der Waals surface area contributed by atoms with Crippen LogP contribution >= 0.6 is 0 Å². The van der Waals surface area contributed by atoms with Crippen LogP contribution in [0, 0.1) is 0 Å². The number of aromatic amines is 1. The van der Waals surface area contributed by atoms with Crippen molar-refractivity contribution in [2.24, 2.45) is 5.73 Å². The SMILES string of the molecule is CCCc1cc(C(=O)N2CCC[C@H](c3nccn3CC(N)=O)C2)n[nH]1. The molecular weight excluding hydrogens is 320 g/mol. The van der Waals surface area contributed by atoms with Crippen molar-refractivity contribution in [3.63, 3.8) is 0 Å². The summed E-state index contributed by atoms with van der Waals surface area (Å²) in [7, 11) is 0. The van der Waals surface area contributed by atoms with Crippen LogP contribution in [0.2, 0.25) is 0 Å². The van der Waals surface area contributed by atoms with Gasteiger partial charge in [-0.1, -0.05) is 13.3 Å². The number of carbonyl (C=O) groups excluding carboxylic acids is 2. The van der Waals surface area contributed by atoms with E-state index in [0.29, 0.717) is 18.8 Å². The van der Waals surface area contributed by atoms with E-state index in [1.54, 1.807) is 17.0 Å². The predicted octanol–water partition coefficient (Wildman–Crippen LogP) is 1.06. The van der Waals surface area contributed by atoms with Crippen molar-refractivity contribution in [1.82, 2.24) is 24.6 Å². The van der Waals surface area contributed by atoms with Gasteiger partial charge in [-0.05, 0) is 25.3 Å².